The fourth-order valence-electron chi connectivity index (χ4n) is 2.37. The van der Waals surface area contributed by atoms with E-state index in [4.69, 9.17) is 4.74 Å². The third-order valence-electron chi connectivity index (χ3n) is 3.72. The second-order valence-electron chi connectivity index (χ2n) is 5.59. The molecule has 3 aromatic rings. The Bertz CT molecular complexity index is 1070. The lowest BCUT2D eigenvalue weighted by atomic mass is 10.1. The summed E-state index contributed by atoms with van der Waals surface area (Å²) >= 11 is 0.931. The molecule has 0 spiro atoms. The number of hydrogen-bond donors (Lipinski definition) is 0. The molecule has 0 fully saturated rings. The fourth-order valence-corrected chi connectivity index (χ4v) is 3.29. The Morgan fingerprint density at radius 1 is 0.852 bits per heavy atom. The zero-order valence-corrected chi connectivity index (χ0v) is 15.0. The molecule has 3 aromatic carbocycles. The minimum absolute atomic E-state index is 0.184. The fraction of sp³-hybridized carbons (Fsp3) is 0.0476. The highest BCUT2D eigenvalue weighted by Gasteiger charge is 2.27. The number of nitriles is 2. The SMILES string of the molecule is Cc1ccc(Sc2c(F)c(C#N)c(C#N)c(F)c2Oc2ccccc2)cc1. The van der Waals surface area contributed by atoms with Crippen LogP contribution in [0.1, 0.15) is 16.7 Å². The van der Waals surface area contributed by atoms with Crippen molar-refractivity contribution in [2.24, 2.45) is 0 Å². The van der Waals surface area contributed by atoms with Crippen LogP contribution in [0.2, 0.25) is 0 Å². The highest BCUT2D eigenvalue weighted by atomic mass is 32.2. The van der Waals surface area contributed by atoms with Gasteiger partial charge in [0, 0.05) is 4.90 Å². The maximum Gasteiger partial charge on any atom is 0.186 e. The first kappa shape index (κ1) is 18.4. The topological polar surface area (TPSA) is 56.8 Å². The Morgan fingerprint density at radius 2 is 1.44 bits per heavy atom. The summed E-state index contributed by atoms with van der Waals surface area (Å²) in [5.41, 5.74) is -0.288. The molecule has 0 saturated heterocycles. The molecule has 0 aliphatic heterocycles. The van der Waals surface area contributed by atoms with E-state index >= 15 is 0 Å². The van der Waals surface area contributed by atoms with Gasteiger partial charge in [0.05, 0.1) is 4.90 Å². The van der Waals surface area contributed by atoms with Gasteiger partial charge in [-0.25, -0.2) is 8.78 Å². The van der Waals surface area contributed by atoms with Crippen molar-refractivity contribution in [3.05, 3.63) is 82.9 Å². The molecule has 0 radical (unpaired) electrons. The highest BCUT2D eigenvalue weighted by molar-refractivity contribution is 7.99. The second-order valence-corrected chi connectivity index (χ2v) is 6.67. The maximum absolute atomic E-state index is 15.0. The minimum atomic E-state index is -1.06. The minimum Gasteiger partial charge on any atom is -0.453 e. The molecule has 27 heavy (non-hydrogen) atoms. The van der Waals surface area contributed by atoms with Crippen LogP contribution in [0.5, 0.6) is 11.5 Å². The van der Waals surface area contributed by atoms with Crippen LogP contribution in [0.3, 0.4) is 0 Å². The van der Waals surface area contributed by atoms with Gasteiger partial charge in [-0.3, -0.25) is 0 Å². The first-order valence-corrected chi connectivity index (χ1v) is 8.69. The number of aryl methyl sites for hydroxylation is 1. The molecule has 0 atom stereocenters. The molecule has 6 heteroatoms. The molecular weight excluding hydrogens is 366 g/mol. The van der Waals surface area contributed by atoms with Gasteiger partial charge < -0.3 is 4.74 Å². The number of para-hydroxylation sites is 1. The second kappa shape index (κ2) is 7.90. The van der Waals surface area contributed by atoms with E-state index < -0.39 is 28.5 Å². The van der Waals surface area contributed by atoms with Gasteiger partial charge in [-0.05, 0) is 31.2 Å². The van der Waals surface area contributed by atoms with Gasteiger partial charge in [0.1, 0.15) is 29.0 Å². The quantitative estimate of drug-likeness (QED) is 0.562. The summed E-state index contributed by atoms with van der Waals surface area (Å²) in [6, 6.07) is 18.6. The van der Waals surface area contributed by atoms with E-state index in [1.165, 1.54) is 0 Å². The van der Waals surface area contributed by atoms with Gasteiger partial charge in [-0.1, -0.05) is 47.7 Å². The first-order chi connectivity index (χ1) is 13.0. The predicted molar refractivity (Wildman–Crippen MR) is 97.6 cm³/mol. The van der Waals surface area contributed by atoms with Crippen LogP contribution >= 0.6 is 11.8 Å². The van der Waals surface area contributed by atoms with E-state index in [0.29, 0.717) is 4.90 Å². The Hall–Kier alpha value is -3.35. The maximum atomic E-state index is 15.0. The molecule has 0 unspecified atom stereocenters. The van der Waals surface area contributed by atoms with Crippen molar-refractivity contribution in [1.82, 2.24) is 0 Å². The van der Waals surface area contributed by atoms with Crippen LogP contribution in [0.4, 0.5) is 8.78 Å². The van der Waals surface area contributed by atoms with Crippen molar-refractivity contribution in [1.29, 1.82) is 10.5 Å². The molecule has 3 rings (SSSR count). The van der Waals surface area contributed by atoms with Crippen LogP contribution in [0.25, 0.3) is 0 Å². The van der Waals surface area contributed by atoms with E-state index in [9.17, 15) is 19.3 Å². The summed E-state index contributed by atoms with van der Waals surface area (Å²) in [5, 5.41) is 18.4. The van der Waals surface area contributed by atoms with E-state index in [-0.39, 0.29) is 10.6 Å². The van der Waals surface area contributed by atoms with Gasteiger partial charge in [0.2, 0.25) is 0 Å². The third-order valence-corrected chi connectivity index (χ3v) is 4.80. The molecule has 0 amide bonds. The summed E-state index contributed by atoms with van der Waals surface area (Å²) < 4.78 is 35.5. The van der Waals surface area contributed by atoms with Crippen LogP contribution in [-0.4, -0.2) is 0 Å². The molecule has 132 valence electrons. The van der Waals surface area contributed by atoms with Crippen molar-refractivity contribution in [3.63, 3.8) is 0 Å². The summed E-state index contributed by atoms with van der Waals surface area (Å²) in [4.78, 5) is 0.459. The van der Waals surface area contributed by atoms with Crippen LogP contribution < -0.4 is 4.74 Å². The molecule has 0 bridgehead atoms. The van der Waals surface area contributed by atoms with Crippen molar-refractivity contribution in [2.75, 3.05) is 0 Å². The first-order valence-electron chi connectivity index (χ1n) is 7.87. The van der Waals surface area contributed by atoms with E-state index in [1.54, 1.807) is 54.6 Å². The zero-order chi connectivity index (χ0) is 19.4. The van der Waals surface area contributed by atoms with Crippen LogP contribution in [0, 0.1) is 41.2 Å². The molecule has 0 aromatic heterocycles. The van der Waals surface area contributed by atoms with Crippen molar-refractivity contribution in [2.45, 2.75) is 16.7 Å². The summed E-state index contributed by atoms with van der Waals surface area (Å²) in [5.74, 6) is -2.17. The lowest BCUT2D eigenvalue weighted by Gasteiger charge is -2.15. The highest BCUT2D eigenvalue weighted by Crippen LogP contribution is 2.43. The van der Waals surface area contributed by atoms with Gasteiger partial charge >= 0.3 is 0 Å². The van der Waals surface area contributed by atoms with Crippen LogP contribution in [-0.2, 0) is 0 Å². The van der Waals surface area contributed by atoms with E-state index in [0.717, 1.165) is 17.3 Å². The Kier molecular flexibility index (Phi) is 5.40. The molecule has 0 N–H and O–H groups in total. The number of hydrogen-bond acceptors (Lipinski definition) is 4. The average molecular weight is 378 g/mol. The van der Waals surface area contributed by atoms with E-state index in [2.05, 4.69) is 0 Å². The zero-order valence-electron chi connectivity index (χ0n) is 14.2. The molecule has 0 aliphatic carbocycles. The van der Waals surface area contributed by atoms with Crippen molar-refractivity contribution >= 4 is 11.8 Å². The smallest absolute Gasteiger partial charge is 0.186 e. The van der Waals surface area contributed by atoms with Gasteiger partial charge in [-0.2, -0.15) is 10.5 Å². The van der Waals surface area contributed by atoms with E-state index in [1.807, 2.05) is 19.1 Å². The normalized spacial score (nSPS) is 10.1. The molecular formula is C21H12F2N2OS. The van der Waals surface area contributed by atoms with Gasteiger partial charge in [0.25, 0.3) is 0 Å². The van der Waals surface area contributed by atoms with Crippen LogP contribution in [0.15, 0.2) is 64.4 Å². The third kappa shape index (κ3) is 3.76. The van der Waals surface area contributed by atoms with Crippen molar-refractivity contribution < 1.29 is 13.5 Å². The standard InChI is InChI=1S/C21H12F2N2OS/c1-13-7-9-15(10-8-13)27-21-19(23)17(12-25)16(11-24)18(22)20(21)26-14-5-3-2-4-6-14/h2-10H,1H3. The Balaban J connectivity index is 2.19. The predicted octanol–water partition coefficient (Wildman–Crippen LogP) is 5.96. The molecule has 0 aliphatic rings. The average Bonchev–Trinajstić information content (AvgIpc) is 2.69. The van der Waals surface area contributed by atoms with Crippen molar-refractivity contribution in [3.8, 4) is 23.6 Å². The van der Waals surface area contributed by atoms with Gasteiger partial charge in [-0.15, -0.1) is 0 Å². The lowest BCUT2D eigenvalue weighted by molar-refractivity contribution is 0.418. The summed E-state index contributed by atoms with van der Waals surface area (Å²) in [7, 11) is 0. The monoisotopic (exact) mass is 378 g/mol. The summed E-state index contributed by atoms with van der Waals surface area (Å²) in [6.45, 7) is 1.91. The molecule has 0 saturated carbocycles. The molecule has 3 nitrogen and oxygen atoms in total. The lowest BCUT2D eigenvalue weighted by Crippen LogP contribution is -2.02. The number of ether oxygens (including phenoxy) is 1. The number of halogens is 2. The Morgan fingerprint density at radius 3 is 2.04 bits per heavy atom. The summed E-state index contributed by atoms with van der Waals surface area (Å²) in [6.07, 6.45) is 0. The largest absolute Gasteiger partial charge is 0.453 e. The Labute approximate surface area is 159 Å². The van der Waals surface area contributed by atoms with Gasteiger partial charge in [0.15, 0.2) is 17.4 Å². The number of nitrogens with zero attached hydrogens (tertiary/aromatic N) is 2. The number of benzene rings is 3. The number of rotatable bonds is 4. The molecule has 0 heterocycles.